The maximum absolute atomic E-state index is 11.8. The second-order valence-corrected chi connectivity index (χ2v) is 4.47. The van der Waals surface area contributed by atoms with Crippen LogP contribution in [0.5, 0.6) is 5.75 Å². The molecule has 0 radical (unpaired) electrons. The van der Waals surface area contributed by atoms with Gasteiger partial charge in [0.15, 0.2) is 0 Å². The van der Waals surface area contributed by atoms with Crippen molar-refractivity contribution in [2.75, 3.05) is 0 Å². The number of carbonyl (C=O) groups is 1. The summed E-state index contributed by atoms with van der Waals surface area (Å²) in [5.74, 6) is -0.933. The Morgan fingerprint density at radius 1 is 1.47 bits per heavy atom. The molecule has 1 aromatic rings. The van der Waals surface area contributed by atoms with Crippen molar-refractivity contribution in [1.82, 2.24) is 0 Å². The molecule has 0 aromatic heterocycles. The highest BCUT2D eigenvalue weighted by Crippen LogP contribution is 2.59. The summed E-state index contributed by atoms with van der Waals surface area (Å²) in [6.07, 6.45) is -0.970. The molecule has 1 heterocycles. The van der Waals surface area contributed by atoms with Gasteiger partial charge in [-0.1, -0.05) is 32.0 Å². The van der Waals surface area contributed by atoms with Crippen LogP contribution in [-0.4, -0.2) is 17.2 Å². The van der Waals surface area contributed by atoms with E-state index < -0.39 is 18.0 Å². The Bertz CT molecular complexity index is 486. The van der Waals surface area contributed by atoms with Crippen LogP contribution in [0.25, 0.3) is 0 Å². The molecule has 3 rings (SSSR count). The van der Waals surface area contributed by atoms with Crippen molar-refractivity contribution >= 4 is 5.97 Å². The number of halogens is 1. The fraction of sp³-hybridized carbons (Fsp3) is 0.500. The van der Waals surface area contributed by atoms with Gasteiger partial charge in [0.2, 0.25) is 0 Å². The number of hydrogen-bond donors (Lipinski definition) is 1. The minimum atomic E-state index is -0.881. The van der Waals surface area contributed by atoms with Gasteiger partial charge in [0.1, 0.15) is 17.8 Å². The smallest absolute Gasteiger partial charge is 0.356 e. The normalized spacial score (nSPS) is 27.1. The summed E-state index contributed by atoms with van der Waals surface area (Å²) in [6.45, 7) is 5.65. The van der Waals surface area contributed by atoms with Gasteiger partial charge in [-0.15, -0.1) is 0 Å². The molecule has 1 aliphatic heterocycles. The zero-order valence-corrected chi connectivity index (χ0v) is 11.1. The maximum Gasteiger partial charge on any atom is 0.356 e. The predicted octanol–water partition coefficient (Wildman–Crippen LogP) is 2.67. The highest BCUT2D eigenvalue weighted by atomic mass is 19.3. The SMILES string of the molecule is CC.CC(O)c1cccc2c1OC1C(C(=O)OF)C21. The maximum atomic E-state index is 11.8. The van der Waals surface area contributed by atoms with Crippen molar-refractivity contribution in [3.63, 3.8) is 0 Å². The topological polar surface area (TPSA) is 55.8 Å². The molecule has 2 aliphatic rings. The lowest BCUT2D eigenvalue weighted by Gasteiger charge is -2.13. The first kappa shape index (κ1) is 13.8. The number of para-hydroxylation sites is 1. The second-order valence-electron chi connectivity index (χ2n) is 4.47. The fourth-order valence-electron chi connectivity index (χ4n) is 2.57. The van der Waals surface area contributed by atoms with Crippen LogP contribution < -0.4 is 4.74 Å². The fourth-order valence-corrected chi connectivity index (χ4v) is 2.57. The number of aliphatic hydroxyl groups excluding tert-OH is 1. The van der Waals surface area contributed by atoms with Crippen molar-refractivity contribution in [2.24, 2.45) is 5.92 Å². The zero-order valence-electron chi connectivity index (χ0n) is 11.1. The largest absolute Gasteiger partial charge is 0.488 e. The minimum absolute atomic E-state index is 0.132. The summed E-state index contributed by atoms with van der Waals surface area (Å²) >= 11 is 0. The van der Waals surface area contributed by atoms with E-state index in [-0.39, 0.29) is 12.0 Å². The van der Waals surface area contributed by atoms with E-state index in [2.05, 4.69) is 4.94 Å². The molecule has 5 heteroatoms. The second kappa shape index (κ2) is 5.17. The lowest BCUT2D eigenvalue weighted by atomic mass is 10.0. The van der Waals surface area contributed by atoms with E-state index in [1.54, 1.807) is 19.1 Å². The minimum Gasteiger partial charge on any atom is -0.488 e. The number of hydrogen-bond acceptors (Lipinski definition) is 4. The molecule has 4 atom stereocenters. The number of aliphatic hydroxyl groups is 1. The van der Waals surface area contributed by atoms with E-state index in [0.717, 1.165) is 5.56 Å². The van der Waals surface area contributed by atoms with Crippen molar-refractivity contribution in [3.8, 4) is 5.75 Å². The summed E-state index contributed by atoms with van der Waals surface area (Å²) < 4.78 is 17.4. The molecule has 1 fully saturated rings. The van der Waals surface area contributed by atoms with Gasteiger partial charge in [-0.25, -0.2) is 4.79 Å². The first-order valence-electron chi connectivity index (χ1n) is 6.45. The van der Waals surface area contributed by atoms with E-state index in [0.29, 0.717) is 11.3 Å². The molecule has 19 heavy (non-hydrogen) atoms. The van der Waals surface area contributed by atoms with Gasteiger partial charge in [0, 0.05) is 21.6 Å². The van der Waals surface area contributed by atoms with Gasteiger partial charge in [-0.2, -0.15) is 0 Å². The van der Waals surface area contributed by atoms with E-state index >= 15 is 0 Å². The number of benzene rings is 1. The molecule has 0 bridgehead atoms. The highest BCUT2D eigenvalue weighted by Gasteiger charge is 2.64. The number of carbonyl (C=O) groups excluding carboxylic acids is 1. The number of ether oxygens (including phenoxy) is 1. The van der Waals surface area contributed by atoms with Gasteiger partial charge in [0.25, 0.3) is 0 Å². The van der Waals surface area contributed by atoms with Crippen molar-refractivity contribution in [3.05, 3.63) is 29.3 Å². The van der Waals surface area contributed by atoms with Gasteiger partial charge in [-0.05, 0) is 6.92 Å². The van der Waals surface area contributed by atoms with Crippen LogP contribution in [-0.2, 0) is 9.74 Å². The molecule has 1 aromatic carbocycles. The van der Waals surface area contributed by atoms with E-state index in [9.17, 15) is 14.4 Å². The van der Waals surface area contributed by atoms with Crippen molar-refractivity contribution < 1.29 is 24.1 Å². The van der Waals surface area contributed by atoms with Crippen LogP contribution in [0.15, 0.2) is 18.2 Å². The quantitative estimate of drug-likeness (QED) is 0.896. The molecular formula is C14H17FO4. The van der Waals surface area contributed by atoms with Gasteiger partial charge in [0.05, 0.1) is 6.10 Å². The van der Waals surface area contributed by atoms with Crippen LogP contribution in [0.3, 0.4) is 0 Å². The lowest BCUT2D eigenvalue weighted by Crippen LogP contribution is -2.11. The molecule has 0 spiro atoms. The molecule has 104 valence electrons. The third-order valence-electron chi connectivity index (χ3n) is 3.44. The van der Waals surface area contributed by atoms with E-state index in [1.165, 1.54) is 0 Å². The van der Waals surface area contributed by atoms with Gasteiger partial charge < -0.3 is 9.84 Å². The van der Waals surface area contributed by atoms with E-state index in [1.807, 2.05) is 19.9 Å². The number of fused-ring (bicyclic) bond motifs is 3. The van der Waals surface area contributed by atoms with E-state index in [4.69, 9.17) is 4.74 Å². The Labute approximate surface area is 111 Å². The summed E-state index contributed by atoms with van der Waals surface area (Å²) in [7, 11) is 0. The monoisotopic (exact) mass is 268 g/mol. The van der Waals surface area contributed by atoms with Crippen LogP contribution in [0.1, 0.15) is 43.9 Å². The first-order valence-corrected chi connectivity index (χ1v) is 6.45. The van der Waals surface area contributed by atoms with Crippen molar-refractivity contribution in [1.29, 1.82) is 0 Å². The molecule has 4 nitrogen and oxygen atoms in total. The molecule has 1 N–H and O–H groups in total. The molecular weight excluding hydrogens is 251 g/mol. The van der Waals surface area contributed by atoms with Crippen LogP contribution in [0, 0.1) is 5.92 Å². The molecule has 4 unspecified atom stereocenters. The summed E-state index contributed by atoms with van der Waals surface area (Å²) in [6, 6.07) is 5.40. The first-order chi connectivity index (χ1) is 9.15. The van der Waals surface area contributed by atoms with Gasteiger partial charge in [-0.3, -0.25) is 4.94 Å². The Kier molecular flexibility index (Phi) is 3.75. The number of rotatable bonds is 2. The molecule has 1 saturated carbocycles. The average Bonchev–Trinajstić information content (AvgIpc) is 3.02. The Morgan fingerprint density at radius 3 is 2.74 bits per heavy atom. The third kappa shape index (κ3) is 2.08. The zero-order chi connectivity index (χ0) is 14.2. The lowest BCUT2D eigenvalue weighted by molar-refractivity contribution is -0.186. The summed E-state index contributed by atoms with van der Waals surface area (Å²) in [4.78, 5) is 14.3. The molecule has 0 amide bonds. The molecule has 0 saturated heterocycles. The van der Waals surface area contributed by atoms with Crippen molar-refractivity contribution in [2.45, 2.75) is 38.9 Å². The average molecular weight is 268 g/mol. The molecule has 1 aliphatic carbocycles. The third-order valence-corrected chi connectivity index (χ3v) is 3.44. The van der Waals surface area contributed by atoms with Crippen LogP contribution >= 0.6 is 0 Å². The highest BCUT2D eigenvalue weighted by molar-refractivity contribution is 5.80. The Hall–Kier alpha value is -1.62. The van der Waals surface area contributed by atoms with Crippen LogP contribution in [0.4, 0.5) is 4.53 Å². The summed E-state index contributed by atoms with van der Waals surface area (Å²) in [5.41, 5.74) is 1.55. The Morgan fingerprint density at radius 2 is 2.16 bits per heavy atom. The Balaban J connectivity index is 0.000000637. The summed E-state index contributed by atoms with van der Waals surface area (Å²) in [5, 5.41) is 9.58. The van der Waals surface area contributed by atoms with Crippen LogP contribution in [0.2, 0.25) is 0 Å². The predicted molar refractivity (Wildman–Crippen MR) is 66.3 cm³/mol. The standard InChI is InChI=1S/C12H11FO4.C2H6/c1-5(14)6-3-2-4-7-8-9(12(15)17-13)11(8)16-10(6)7;1-2/h2-5,8-9,11,14H,1H3;1-2H3. The van der Waals surface area contributed by atoms with Gasteiger partial charge >= 0.3 is 5.97 Å².